The summed E-state index contributed by atoms with van der Waals surface area (Å²) in [7, 11) is 0. The molecule has 0 aliphatic carbocycles. The standard InChI is InChI=1S/C16H14FN3O/c1-2-9-4-3-5-12-14(9)19-20-15(12)13-8-10(17)6-7-11(13)16(18)21/h3-8H,2H2,1H3,(H2,18,21)(H,19,20). The molecule has 2 aromatic carbocycles. The van der Waals surface area contributed by atoms with Crippen LogP contribution in [0.2, 0.25) is 0 Å². The third-order valence-corrected chi connectivity index (χ3v) is 3.57. The van der Waals surface area contributed by atoms with Gasteiger partial charge < -0.3 is 5.73 Å². The Morgan fingerprint density at radius 3 is 2.86 bits per heavy atom. The zero-order valence-corrected chi connectivity index (χ0v) is 11.5. The molecule has 3 rings (SSSR count). The largest absolute Gasteiger partial charge is 0.366 e. The van der Waals surface area contributed by atoms with Crippen LogP contribution in [0.15, 0.2) is 36.4 Å². The highest BCUT2D eigenvalue weighted by molar-refractivity contribution is 6.04. The minimum absolute atomic E-state index is 0.267. The first-order valence-electron chi connectivity index (χ1n) is 6.67. The van der Waals surface area contributed by atoms with Gasteiger partial charge in [-0.05, 0) is 30.2 Å². The van der Waals surface area contributed by atoms with E-state index in [-0.39, 0.29) is 5.56 Å². The van der Waals surface area contributed by atoms with Crippen molar-refractivity contribution in [2.75, 3.05) is 0 Å². The van der Waals surface area contributed by atoms with Gasteiger partial charge in [0.25, 0.3) is 0 Å². The van der Waals surface area contributed by atoms with Crippen LogP contribution in [0, 0.1) is 5.82 Å². The Hall–Kier alpha value is -2.69. The van der Waals surface area contributed by atoms with E-state index in [1.165, 1.54) is 18.2 Å². The molecule has 1 aromatic heterocycles. The molecule has 4 nitrogen and oxygen atoms in total. The summed E-state index contributed by atoms with van der Waals surface area (Å²) in [6, 6.07) is 9.72. The van der Waals surface area contributed by atoms with Crippen molar-refractivity contribution >= 4 is 16.8 Å². The van der Waals surface area contributed by atoms with Crippen molar-refractivity contribution < 1.29 is 9.18 Å². The summed E-state index contributed by atoms with van der Waals surface area (Å²) in [4.78, 5) is 11.6. The number of carbonyl (C=O) groups excluding carboxylic acids is 1. The summed E-state index contributed by atoms with van der Waals surface area (Å²) in [5, 5.41) is 8.05. The van der Waals surface area contributed by atoms with Crippen LogP contribution >= 0.6 is 0 Å². The van der Waals surface area contributed by atoms with E-state index in [1.54, 1.807) is 0 Å². The highest BCUT2D eigenvalue weighted by Gasteiger charge is 2.16. The van der Waals surface area contributed by atoms with Gasteiger partial charge in [0, 0.05) is 16.5 Å². The van der Waals surface area contributed by atoms with E-state index < -0.39 is 11.7 Å². The molecule has 0 fully saturated rings. The van der Waals surface area contributed by atoms with Crippen LogP contribution in [0.5, 0.6) is 0 Å². The molecule has 0 bridgehead atoms. The number of hydrogen-bond donors (Lipinski definition) is 2. The lowest BCUT2D eigenvalue weighted by atomic mass is 9.99. The van der Waals surface area contributed by atoms with Crippen molar-refractivity contribution in [2.45, 2.75) is 13.3 Å². The van der Waals surface area contributed by atoms with Gasteiger partial charge in [0.05, 0.1) is 11.2 Å². The Bertz CT molecular complexity index is 839. The second-order valence-electron chi connectivity index (χ2n) is 4.82. The Balaban J connectivity index is 2.31. The molecule has 0 aliphatic heterocycles. The average molecular weight is 283 g/mol. The van der Waals surface area contributed by atoms with Gasteiger partial charge in [0.2, 0.25) is 5.91 Å². The minimum Gasteiger partial charge on any atom is -0.366 e. The van der Waals surface area contributed by atoms with Crippen molar-refractivity contribution in [3.8, 4) is 11.3 Å². The second-order valence-corrected chi connectivity index (χ2v) is 4.82. The number of halogens is 1. The number of carbonyl (C=O) groups is 1. The Labute approximate surface area is 120 Å². The molecule has 3 N–H and O–H groups in total. The average Bonchev–Trinajstić information content (AvgIpc) is 2.90. The first-order chi connectivity index (χ1) is 10.1. The van der Waals surface area contributed by atoms with Gasteiger partial charge in [0.15, 0.2) is 0 Å². The van der Waals surface area contributed by atoms with Crippen LogP contribution in [-0.2, 0) is 6.42 Å². The number of aromatic nitrogens is 2. The number of amides is 1. The molecule has 3 aromatic rings. The Morgan fingerprint density at radius 2 is 2.14 bits per heavy atom. The summed E-state index contributed by atoms with van der Waals surface area (Å²) in [6.45, 7) is 2.04. The summed E-state index contributed by atoms with van der Waals surface area (Å²) in [5.41, 5.74) is 8.60. The summed E-state index contributed by atoms with van der Waals surface area (Å²) < 4.78 is 13.6. The van der Waals surface area contributed by atoms with E-state index in [2.05, 4.69) is 10.2 Å². The maximum atomic E-state index is 13.6. The van der Waals surface area contributed by atoms with Gasteiger partial charge in [-0.15, -0.1) is 0 Å². The zero-order valence-electron chi connectivity index (χ0n) is 11.5. The van der Waals surface area contributed by atoms with Crippen LogP contribution < -0.4 is 5.73 Å². The number of primary amides is 1. The number of rotatable bonds is 3. The van der Waals surface area contributed by atoms with Crippen LogP contribution in [0.1, 0.15) is 22.8 Å². The van der Waals surface area contributed by atoms with Gasteiger partial charge in [-0.25, -0.2) is 4.39 Å². The molecule has 0 unspecified atom stereocenters. The number of nitrogens with two attached hydrogens (primary N) is 1. The van der Waals surface area contributed by atoms with E-state index in [0.717, 1.165) is 22.9 Å². The van der Waals surface area contributed by atoms with Gasteiger partial charge in [-0.2, -0.15) is 5.10 Å². The quantitative estimate of drug-likeness (QED) is 0.775. The highest BCUT2D eigenvalue weighted by Crippen LogP contribution is 2.31. The van der Waals surface area contributed by atoms with Crippen LogP contribution in [0.3, 0.4) is 0 Å². The predicted molar refractivity (Wildman–Crippen MR) is 79.4 cm³/mol. The van der Waals surface area contributed by atoms with Crippen molar-refractivity contribution in [2.24, 2.45) is 5.73 Å². The first kappa shape index (κ1) is 13.3. The number of benzene rings is 2. The second kappa shape index (κ2) is 5.01. The smallest absolute Gasteiger partial charge is 0.249 e. The third kappa shape index (κ3) is 2.16. The topological polar surface area (TPSA) is 71.8 Å². The number of fused-ring (bicyclic) bond motifs is 1. The van der Waals surface area contributed by atoms with Crippen molar-refractivity contribution in [3.63, 3.8) is 0 Å². The molecule has 0 saturated heterocycles. The third-order valence-electron chi connectivity index (χ3n) is 3.57. The predicted octanol–water partition coefficient (Wildman–Crippen LogP) is 3.03. The van der Waals surface area contributed by atoms with Gasteiger partial charge in [-0.1, -0.05) is 25.1 Å². The molecular formula is C16H14FN3O. The van der Waals surface area contributed by atoms with E-state index in [9.17, 15) is 9.18 Å². The summed E-state index contributed by atoms with van der Waals surface area (Å²) in [6.07, 6.45) is 0.841. The molecule has 0 aliphatic rings. The fraction of sp³-hybridized carbons (Fsp3) is 0.125. The maximum Gasteiger partial charge on any atom is 0.249 e. The highest BCUT2D eigenvalue weighted by atomic mass is 19.1. The number of nitrogens with zero attached hydrogens (tertiary/aromatic N) is 1. The molecule has 0 spiro atoms. The number of aromatic amines is 1. The van der Waals surface area contributed by atoms with Crippen molar-refractivity contribution in [1.29, 1.82) is 0 Å². The van der Waals surface area contributed by atoms with E-state index in [1.807, 2.05) is 25.1 Å². The van der Waals surface area contributed by atoms with Crippen molar-refractivity contribution in [3.05, 3.63) is 53.3 Å². The molecule has 0 radical (unpaired) electrons. The fourth-order valence-electron chi connectivity index (χ4n) is 2.53. The minimum atomic E-state index is -0.598. The lowest BCUT2D eigenvalue weighted by Crippen LogP contribution is -2.12. The monoisotopic (exact) mass is 283 g/mol. The molecule has 1 amide bonds. The maximum absolute atomic E-state index is 13.6. The van der Waals surface area contributed by atoms with Gasteiger partial charge in [0.1, 0.15) is 5.82 Å². The molecule has 1 heterocycles. The number of para-hydroxylation sites is 1. The summed E-state index contributed by atoms with van der Waals surface area (Å²) >= 11 is 0. The molecule has 21 heavy (non-hydrogen) atoms. The van der Waals surface area contributed by atoms with Crippen LogP contribution in [0.4, 0.5) is 4.39 Å². The lowest BCUT2D eigenvalue weighted by Gasteiger charge is -2.06. The number of aryl methyl sites for hydroxylation is 1. The van der Waals surface area contributed by atoms with E-state index in [0.29, 0.717) is 11.3 Å². The number of hydrogen-bond acceptors (Lipinski definition) is 2. The van der Waals surface area contributed by atoms with Crippen molar-refractivity contribution in [1.82, 2.24) is 10.2 Å². The normalized spacial score (nSPS) is 11.0. The van der Waals surface area contributed by atoms with E-state index >= 15 is 0 Å². The lowest BCUT2D eigenvalue weighted by molar-refractivity contribution is 0.100. The van der Waals surface area contributed by atoms with E-state index in [4.69, 9.17) is 5.73 Å². The van der Waals surface area contributed by atoms with Gasteiger partial charge >= 0.3 is 0 Å². The van der Waals surface area contributed by atoms with Crippen LogP contribution in [0.25, 0.3) is 22.2 Å². The molecule has 0 saturated carbocycles. The molecule has 106 valence electrons. The zero-order chi connectivity index (χ0) is 15.0. The number of H-pyrrole nitrogens is 1. The summed E-state index contributed by atoms with van der Waals surface area (Å²) in [5.74, 6) is -1.02. The Kier molecular flexibility index (Phi) is 3.17. The molecular weight excluding hydrogens is 269 g/mol. The van der Waals surface area contributed by atoms with Crippen LogP contribution in [-0.4, -0.2) is 16.1 Å². The Morgan fingerprint density at radius 1 is 1.33 bits per heavy atom. The first-order valence-corrected chi connectivity index (χ1v) is 6.67. The fourth-order valence-corrected chi connectivity index (χ4v) is 2.53. The SMILES string of the molecule is CCc1cccc2c(-c3cc(F)ccc3C(N)=O)[nH]nc12. The molecule has 5 heteroatoms. The van der Waals surface area contributed by atoms with Gasteiger partial charge in [-0.3, -0.25) is 9.89 Å². The number of nitrogens with one attached hydrogen (secondary N) is 1. The molecule has 0 atom stereocenters.